The minimum atomic E-state index is -4.10. The summed E-state index contributed by atoms with van der Waals surface area (Å²) in [7, 11) is -1.49. The van der Waals surface area contributed by atoms with Gasteiger partial charge in [-0.3, -0.25) is 8.37 Å². The Morgan fingerprint density at radius 2 is 1.33 bits per heavy atom. The smallest absolute Gasteiger partial charge is 0.304 e. The molecule has 0 unspecified atom stereocenters. The van der Waals surface area contributed by atoms with Crippen molar-refractivity contribution < 1.29 is 25.9 Å². The highest BCUT2D eigenvalue weighted by Gasteiger charge is 2.10. The zero-order chi connectivity index (χ0) is 10.4. The average Bonchev–Trinajstić information content (AvgIpc) is 1.81. The van der Waals surface area contributed by atoms with Crippen molar-refractivity contribution in [2.24, 2.45) is 0 Å². The van der Waals surface area contributed by atoms with Gasteiger partial charge in [-0.2, -0.15) is 4.21 Å². The molecule has 0 saturated carbocycles. The Morgan fingerprint density at radius 3 is 1.33 bits per heavy atom. The molecule has 0 amide bonds. The topological polar surface area (TPSA) is 93.1 Å². The van der Waals surface area contributed by atoms with E-state index in [-0.39, 0.29) is 0 Å². The van der Waals surface area contributed by atoms with Gasteiger partial charge in [0.15, 0.2) is 0 Å². The molecule has 0 fully saturated rings. The van der Waals surface area contributed by atoms with Gasteiger partial charge >= 0.3 is 11.4 Å². The first-order valence-corrected chi connectivity index (χ1v) is 6.36. The van der Waals surface area contributed by atoms with E-state index in [0.717, 1.165) is 12.5 Å². The Morgan fingerprint density at radius 1 is 1.17 bits per heavy atom. The van der Waals surface area contributed by atoms with Crippen molar-refractivity contribution in [1.29, 1.82) is 0 Å². The molecule has 0 aliphatic carbocycles. The Balaban J connectivity index is 0. The van der Waals surface area contributed by atoms with E-state index in [4.69, 9.17) is 9.11 Å². The molecule has 12 heavy (non-hydrogen) atoms. The van der Waals surface area contributed by atoms with E-state index < -0.39 is 21.0 Å². The van der Waals surface area contributed by atoms with Gasteiger partial charge in [0, 0.05) is 12.5 Å². The van der Waals surface area contributed by atoms with Crippen LogP contribution >= 0.6 is 0 Å². The van der Waals surface area contributed by atoms with E-state index in [1.165, 1.54) is 14.2 Å². The highest BCUT2D eigenvalue weighted by Crippen LogP contribution is 2.00. The largest absolute Gasteiger partial charge is 0.308 e. The molecule has 0 radical (unpaired) electrons. The lowest BCUT2D eigenvalue weighted by molar-refractivity contribution is 0.334. The van der Waals surface area contributed by atoms with Gasteiger partial charge in [0.1, 0.15) is 0 Å². The standard InChI is InChI=1S/C2H8O3S.C2H6O3S/c1-6(2,3,4)5;1-4-6(3)5-2/h1-2H3,(H2,3,4,5);1-2H3. The van der Waals surface area contributed by atoms with Crippen molar-refractivity contribution >= 4 is 21.0 Å². The maximum absolute atomic E-state index is 9.90. The third kappa shape index (κ3) is 49.4. The lowest BCUT2D eigenvalue weighted by Crippen LogP contribution is -2.25. The van der Waals surface area contributed by atoms with Gasteiger partial charge < -0.3 is 9.11 Å². The molecule has 78 valence electrons. The SMILES string of the molecule is COS(=O)OC.CS(C)(=O)(O)O. The second-order valence-corrected chi connectivity index (χ2v) is 6.72. The van der Waals surface area contributed by atoms with Crippen molar-refractivity contribution in [2.75, 3.05) is 26.7 Å². The van der Waals surface area contributed by atoms with Crippen LogP contribution in [0.15, 0.2) is 0 Å². The molecular weight excluding hydrogens is 208 g/mol. The fourth-order valence-electron chi connectivity index (χ4n) is 0.0680. The zero-order valence-electron chi connectivity index (χ0n) is 7.34. The molecule has 0 aromatic carbocycles. The van der Waals surface area contributed by atoms with Crippen LogP contribution in [0, 0.1) is 0 Å². The minimum absolute atomic E-state index is 0.872. The Hall–Kier alpha value is 0.140. The first-order valence-electron chi connectivity index (χ1n) is 2.66. The van der Waals surface area contributed by atoms with Gasteiger partial charge in [-0.05, 0) is 0 Å². The molecule has 2 N–H and O–H groups in total. The van der Waals surface area contributed by atoms with Gasteiger partial charge in [0.2, 0.25) is 0 Å². The van der Waals surface area contributed by atoms with Crippen LogP contribution in [0.1, 0.15) is 0 Å². The molecule has 6 nitrogen and oxygen atoms in total. The van der Waals surface area contributed by atoms with Crippen molar-refractivity contribution in [1.82, 2.24) is 0 Å². The lowest BCUT2D eigenvalue weighted by Gasteiger charge is -2.16. The number of hydrogen-bond acceptors (Lipinski definition) is 4. The molecule has 0 aromatic heterocycles. The van der Waals surface area contributed by atoms with Crippen LogP contribution in [0.3, 0.4) is 0 Å². The first kappa shape index (κ1) is 14.7. The maximum atomic E-state index is 9.90. The van der Waals surface area contributed by atoms with Crippen LogP contribution in [0.25, 0.3) is 0 Å². The fourth-order valence-corrected chi connectivity index (χ4v) is 0.204. The zero-order valence-corrected chi connectivity index (χ0v) is 8.98. The summed E-state index contributed by atoms with van der Waals surface area (Å²) in [4.78, 5) is 0. The third-order valence-corrected chi connectivity index (χ3v) is 0.816. The highest BCUT2D eigenvalue weighted by molar-refractivity contribution is 8.08. The second kappa shape index (κ2) is 5.00. The molecule has 0 heterocycles. The Bertz CT molecular complexity index is 176. The summed E-state index contributed by atoms with van der Waals surface area (Å²) in [5, 5.41) is 0. The van der Waals surface area contributed by atoms with Crippen molar-refractivity contribution in [3.8, 4) is 0 Å². The van der Waals surface area contributed by atoms with Gasteiger partial charge in [0.05, 0.1) is 23.8 Å². The van der Waals surface area contributed by atoms with Crippen LogP contribution in [0.4, 0.5) is 0 Å². The van der Waals surface area contributed by atoms with Crippen LogP contribution in [0.2, 0.25) is 0 Å². The summed E-state index contributed by atoms with van der Waals surface area (Å²) in [6.45, 7) is 0. The van der Waals surface area contributed by atoms with Crippen LogP contribution < -0.4 is 0 Å². The molecule has 0 spiro atoms. The Labute approximate surface area is 74.2 Å². The van der Waals surface area contributed by atoms with Crippen LogP contribution in [-0.2, 0) is 29.4 Å². The van der Waals surface area contributed by atoms with E-state index in [2.05, 4.69) is 8.37 Å². The van der Waals surface area contributed by atoms with Gasteiger partial charge in [-0.15, -0.1) is 0 Å². The molecular formula is C4H14O6S2. The maximum Gasteiger partial charge on any atom is 0.304 e. The average molecular weight is 222 g/mol. The molecule has 0 rings (SSSR count). The van der Waals surface area contributed by atoms with Crippen molar-refractivity contribution in [3.63, 3.8) is 0 Å². The molecule has 0 atom stereocenters. The normalized spacial score (nSPS) is 14.4. The summed E-state index contributed by atoms with van der Waals surface area (Å²) in [6.07, 6.45) is 1.74. The monoisotopic (exact) mass is 222 g/mol. The van der Waals surface area contributed by atoms with Crippen LogP contribution in [-0.4, -0.2) is 44.3 Å². The fraction of sp³-hybridized carbons (Fsp3) is 1.00. The van der Waals surface area contributed by atoms with E-state index in [1.807, 2.05) is 0 Å². The molecule has 0 aliphatic rings. The van der Waals surface area contributed by atoms with Gasteiger partial charge in [-0.1, -0.05) is 0 Å². The quantitative estimate of drug-likeness (QED) is 0.676. The molecule has 0 aliphatic heterocycles. The first-order chi connectivity index (χ1) is 5.04. The Kier molecular flexibility index (Phi) is 6.10. The number of hydrogen-bond donors (Lipinski definition) is 2. The minimum Gasteiger partial charge on any atom is -0.308 e. The van der Waals surface area contributed by atoms with Crippen LogP contribution in [0.5, 0.6) is 0 Å². The molecule has 8 heteroatoms. The third-order valence-electron chi connectivity index (χ3n) is 0.272. The highest BCUT2D eigenvalue weighted by atomic mass is 32.3. The van der Waals surface area contributed by atoms with E-state index >= 15 is 0 Å². The second-order valence-electron chi connectivity index (χ2n) is 2.24. The summed E-state index contributed by atoms with van der Waals surface area (Å²) in [5.41, 5.74) is 0. The predicted molar refractivity (Wildman–Crippen MR) is 47.4 cm³/mol. The van der Waals surface area contributed by atoms with E-state index in [9.17, 15) is 8.42 Å². The lowest BCUT2D eigenvalue weighted by atomic mass is 11.8. The van der Waals surface area contributed by atoms with Gasteiger partial charge in [0.25, 0.3) is 0 Å². The molecule has 0 bridgehead atoms. The van der Waals surface area contributed by atoms with Crippen molar-refractivity contribution in [2.45, 2.75) is 0 Å². The summed E-state index contributed by atoms with van der Waals surface area (Å²) >= 11 is -1.53. The summed E-state index contributed by atoms with van der Waals surface area (Å²) in [5.74, 6) is 0. The predicted octanol–water partition coefficient (Wildman–Crippen LogP) is -0.130. The summed E-state index contributed by atoms with van der Waals surface area (Å²) < 4.78 is 44.2. The van der Waals surface area contributed by atoms with E-state index in [1.54, 1.807) is 0 Å². The summed E-state index contributed by atoms with van der Waals surface area (Å²) in [6, 6.07) is 0. The molecule has 0 aromatic rings. The van der Waals surface area contributed by atoms with Gasteiger partial charge in [-0.25, -0.2) is 4.21 Å². The number of rotatable bonds is 2. The van der Waals surface area contributed by atoms with Crippen molar-refractivity contribution in [3.05, 3.63) is 0 Å². The van der Waals surface area contributed by atoms with E-state index in [0.29, 0.717) is 0 Å². The molecule has 0 saturated heterocycles.